The Morgan fingerprint density at radius 1 is 1.00 bits per heavy atom. The summed E-state index contributed by atoms with van der Waals surface area (Å²) in [5.74, 6) is 0.0427. The number of hydrogen-bond donors (Lipinski definition) is 2. The van der Waals surface area contributed by atoms with E-state index in [1.807, 2.05) is 54.4 Å². The van der Waals surface area contributed by atoms with Gasteiger partial charge in [-0.1, -0.05) is 54.6 Å². The van der Waals surface area contributed by atoms with Crippen molar-refractivity contribution in [1.82, 2.24) is 9.88 Å². The Kier molecular flexibility index (Phi) is 5.46. The van der Waals surface area contributed by atoms with E-state index < -0.39 is 0 Å². The van der Waals surface area contributed by atoms with Gasteiger partial charge in [-0.25, -0.2) is 0 Å². The Morgan fingerprint density at radius 2 is 1.77 bits per heavy atom. The van der Waals surface area contributed by atoms with Crippen molar-refractivity contribution < 1.29 is 9.90 Å². The zero-order valence-electron chi connectivity index (χ0n) is 16.6. The van der Waals surface area contributed by atoms with E-state index in [4.69, 9.17) is 0 Å². The average Bonchev–Trinajstić information content (AvgIpc) is 2.75. The largest absolute Gasteiger partial charge is 0.507 e. The summed E-state index contributed by atoms with van der Waals surface area (Å²) in [5, 5.41) is 11.2. The van der Waals surface area contributed by atoms with Crippen LogP contribution in [0.25, 0.3) is 21.9 Å². The molecule has 150 valence electrons. The van der Waals surface area contributed by atoms with Crippen molar-refractivity contribution in [3.05, 3.63) is 100 Å². The third kappa shape index (κ3) is 4.02. The highest BCUT2D eigenvalue weighted by Crippen LogP contribution is 2.32. The number of aromatic nitrogens is 1. The van der Waals surface area contributed by atoms with Crippen LogP contribution in [0.3, 0.4) is 0 Å². The zero-order chi connectivity index (χ0) is 21.1. The quantitative estimate of drug-likeness (QED) is 0.477. The predicted molar refractivity (Wildman–Crippen MR) is 119 cm³/mol. The highest BCUT2D eigenvalue weighted by molar-refractivity contribution is 6.02. The molecule has 0 radical (unpaired) electrons. The van der Waals surface area contributed by atoms with E-state index in [1.165, 1.54) is 0 Å². The molecule has 4 rings (SSSR count). The van der Waals surface area contributed by atoms with E-state index >= 15 is 0 Å². The maximum Gasteiger partial charge on any atom is 0.255 e. The van der Waals surface area contributed by atoms with Gasteiger partial charge < -0.3 is 10.1 Å². The molecule has 0 saturated heterocycles. The van der Waals surface area contributed by atoms with Crippen molar-refractivity contribution in [3.63, 3.8) is 0 Å². The fourth-order valence-electron chi connectivity index (χ4n) is 3.68. The van der Waals surface area contributed by atoms with Crippen molar-refractivity contribution in [3.8, 4) is 16.9 Å². The molecule has 1 aromatic heterocycles. The number of carbonyl (C=O) groups is 1. The molecule has 4 aromatic rings. The van der Waals surface area contributed by atoms with Crippen molar-refractivity contribution in [2.24, 2.45) is 0 Å². The summed E-state index contributed by atoms with van der Waals surface area (Å²) < 4.78 is 0. The number of phenolic OH excluding ortho intramolecular Hbond substituents is 1. The van der Waals surface area contributed by atoms with E-state index in [2.05, 4.69) is 4.98 Å². The molecule has 1 heterocycles. The number of hydrogen-bond acceptors (Lipinski definition) is 4. The van der Waals surface area contributed by atoms with Crippen LogP contribution in [0.15, 0.2) is 83.8 Å². The number of phenols is 1. The van der Waals surface area contributed by atoms with Gasteiger partial charge in [-0.15, -0.1) is 0 Å². The summed E-state index contributed by atoms with van der Waals surface area (Å²) in [4.78, 5) is 29.7. The Morgan fingerprint density at radius 3 is 2.57 bits per heavy atom. The SMILES string of the molecule is CN(CC(=O)c1cccc(-c2c[nH]c(=O)c3cccc(O)c23)c1)Cc1ccccc1. The lowest BCUT2D eigenvalue weighted by Crippen LogP contribution is -2.25. The maximum atomic E-state index is 12.9. The predicted octanol–water partition coefficient (Wildman–Crippen LogP) is 4.22. The molecule has 0 spiro atoms. The van der Waals surface area contributed by atoms with E-state index in [9.17, 15) is 14.7 Å². The lowest BCUT2D eigenvalue weighted by atomic mass is 9.97. The molecular formula is C25H22N2O3. The molecule has 0 amide bonds. The molecule has 0 bridgehead atoms. The van der Waals surface area contributed by atoms with Crippen LogP contribution in [-0.2, 0) is 6.54 Å². The van der Waals surface area contributed by atoms with Gasteiger partial charge in [0.1, 0.15) is 5.75 Å². The van der Waals surface area contributed by atoms with Gasteiger partial charge in [0.2, 0.25) is 0 Å². The van der Waals surface area contributed by atoms with E-state index in [1.54, 1.807) is 36.5 Å². The minimum atomic E-state index is -0.264. The summed E-state index contributed by atoms with van der Waals surface area (Å²) in [6, 6.07) is 22.2. The molecule has 0 saturated carbocycles. The summed E-state index contributed by atoms with van der Waals surface area (Å²) in [6.45, 7) is 0.973. The van der Waals surface area contributed by atoms with Gasteiger partial charge >= 0.3 is 0 Å². The molecule has 0 unspecified atom stereocenters. The zero-order valence-corrected chi connectivity index (χ0v) is 16.6. The number of carbonyl (C=O) groups excluding carboxylic acids is 1. The first-order valence-corrected chi connectivity index (χ1v) is 9.72. The molecule has 5 nitrogen and oxygen atoms in total. The number of likely N-dealkylation sites (N-methyl/N-ethyl adjacent to an activating group) is 1. The molecule has 30 heavy (non-hydrogen) atoms. The third-order valence-electron chi connectivity index (χ3n) is 5.11. The van der Waals surface area contributed by atoms with Crippen molar-refractivity contribution in [2.45, 2.75) is 6.54 Å². The van der Waals surface area contributed by atoms with Crippen LogP contribution in [0.2, 0.25) is 0 Å². The first-order valence-electron chi connectivity index (χ1n) is 9.72. The third-order valence-corrected chi connectivity index (χ3v) is 5.11. The second-order valence-corrected chi connectivity index (χ2v) is 7.39. The second kappa shape index (κ2) is 8.35. The summed E-state index contributed by atoms with van der Waals surface area (Å²) in [6.07, 6.45) is 1.58. The highest BCUT2D eigenvalue weighted by Gasteiger charge is 2.14. The molecular weight excluding hydrogens is 376 g/mol. The number of aromatic amines is 1. The number of Topliss-reactive ketones (excluding diaryl/α,β-unsaturated/α-hetero) is 1. The van der Waals surface area contributed by atoms with Gasteiger partial charge in [-0.05, 0) is 36.4 Å². The monoisotopic (exact) mass is 398 g/mol. The van der Waals surface area contributed by atoms with Crippen LogP contribution in [0.1, 0.15) is 15.9 Å². The van der Waals surface area contributed by atoms with Crippen molar-refractivity contribution in [2.75, 3.05) is 13.6 Å². The van der Waals surface area contributed by atoms with Crippen LogP contribution in [0.4, 0.5) is 0 Å². The van der Waals surface area contributed by atoms with Crippen LogP contribution < -0.4 is 5.56 Å². The molecule has 0 aliphatic rings. The van der Waals surface area contributed by atoms with Gasteiger partial charge in [-0.2, -0.15) is 0 Å². The van der Waals surface area contributed by atoms with Gasteiger partial charge in [0.25, 0.3) is 5.56 Å². The normalized spacial score (nSPS) is 11.1. The Hall–Kier alpha value is -3.70. The van der Waals surface area contributed by atoms with Gasteiger partial charge in [0.05, 0.1) is 11.9 Å². The molecule has 0 aliphatic carbocycles. The Bertz CT molecular complexity index is 1260. The molecule has 0 fully saturated rings. The van der Waals surface area contributed by atoms with Gasteiger partial charge in [0, 0.05) is 29.3 Å². The minimum absolute atomic E-state index is 0.00762. The molecule has 3 aromatic carbocycles. The van der Waals surface area contributed by atoms with E-state index in [0.717, 1.165) is 11.1 Å². The molecule has 0 atom stereocenters. The van der Waals surface area contributed by atoms with Crippen LogP contribution in [-0.4, -0.2) is 34.4 Å². The van der Waals surface area contributed by atoms with E-state index in [-0.39, 0.29) is 23.6 Å². The topological polar surface area (TPSA) is 73.4 Å². The highest BCUT2D eigenvalue weighted by atomic mass is 16.3. The van der Waals surface area contributed by atoms with Crippen LogP contribution in [0.5, 0.6) is 5.75 Å². The molecule has 0 aliphatic heterocycles. The summed E-state index contributed by atoms with van der Waals surface area (Å²) in [7, 11) is 1.92. The number of ketones is 1. The smallest absolute Gasteiger partial charge is 0.255 e. The minimum Gasteiger partial charge on any atom is -0.507 e. The number of H-pyrrole nitrogens is 1. The number of aromatic hydroxyl groups is 1. The number of benzene rings is 3. The first-order chi connectivity index (χ1) is 14.5. The van der Waals surface area contributed by atoms with Gasteiger partial charge in [-0.3, -0.25) is 14.5 Å². The molecule has 2 N–H and O–H groups in total. The molecule has 5 heteroatoms. The number of fused-ring (bicyclic) bond motifs is 1. The lowest BCUT2D eigenvalue weighted by molar-refractivity contribution is 0.0943. The fourth-order valence-corrected chi connectivity index (χ4v) is 3.68. The van der Waals surface area contributed by atoms with Gasteiger partial charge in [0.15, 0.2) is 5.78 Å². The van der Waals surface area contributed by atoms with Crippen LogP contribution >= 0.6 is 0 Å². The number of nitrogens with one attached hydrogen (secondary N) is 1. The van der Waals surface area contributed by atoms with E-state index in [0.29, 0.717) is 28.4 Å². The number of nitrogens with zero attached hydrogens (tertiary/aromatic N) is 1. The van der Waals surface area contributed by atoms with Crippen LogP contribution in [0, 0.1) is 0 Å². The fraction of sp³-hybridized carbons (Fsp3) is 0.120. The Balaban J connectivity index is 1.62. The standard InChI is InChI=1S/C25H22N2O3/c1-27(15-17-7-3-2-4-8-17)16-23(29)19-10-5-9-18(13-19)21-14-26-25(30)20-11-6-12-22(28)24(20)21/h2-14,28H,15-16H2,1H3,(H,26,30). The lowest BCUT2D eigenvalue weighted by Gasteiger charge is -2.16. The second-order valence-electron chi connectivity index (χ2n) is 7.39. The summed E-state index contributed by atoms with van der Waals surface area (Å²) in [5.41, 5.74) is 2.91. The Labute approximate surface area is 174 Å². The van der Waals surface area contributed by atoms with Crippen molar-refractivity contribution >= 4 is 16.6 Å². The maximum absolute atomic E-state index is 12.9. The summed E-state index contributed by atoms with van der Waals surface area (Å²) >= 11 is 0. The first kappa shape index (κ1) is 19.6. The number of rotatable bonds is 6. The number of pyridine rings is 1. The van der Waals surface area contributed by atoms with Crippen molar-refractivity contribution in [1.29, 1.82) is 0 Å². The average molecular weight is 398 g/mol.